The Labute approximate surface area is 153 Å². The molecule has 6 nitrogen and oxygen atoms in total. The Morgan fingerprint density at radius 2 is 2.08 bits per heavy atom. The molecule has 0 saturated heterocycles. The highest BCUT2D eigenvalue weighted by Crippen LogP contribution is 2.24. The first-order chi connectivity index (χ1) is 12.5. The van der Waals surface area contributed by atoms with Gasteiger partial charge in [-0.05, 0) is 39.0 Å². The van der Waals surface area contributed by atoms with Crippen LogP contribution in [0.5, 0.6) is 0 Å². The molecule has 2 aromatic heterocycles. The van der Waals surface area contributed by atoms with E-state index in [0.717, 1.165) is 50.7 Å². The van der Waals surface area contributed by atoms with Gasteiger partial charge in [0.05, 0.1) is 17.1 Å². The first-order valence-electron chi connectivity index (χ1n) is 9.51. The minimum Gasteiger partial charge on any atom is -0.463 e. The van der Waals surface area contributed by atoms with Gasteiger partial charge in [-0.1, -0.05) is 13.3 Å². The normalized spacial score (nSPS) is 20.4. The number of furan rings is 1. The van der Waals surface area contributed by atoms with Crippen molar-refractivity contribution in [2.24, 2.45) is 7.05 Å². The highest BCUT2D eigenvalue weighted by Gasteiger charge is 2.25. The van der Waals surface area contributed by atoms with Crippen molar-refractivity contribution in [3.63, 3.8) is 0 Å². The fraction of sp³-hybridized carbons (Fsp3) is 0.600. The summed E-state index contributed by atoms with van der Waals surface area (Å²) in [4.78, 5) is 25.1. The maximum atomic E-state index is 12.7. The molecule has 1 fully saturated rings. The van der Waals surface area contributed by atoms with Gasteiger partial charge in [-0.2, -0.15) is 0 Å². The molecule has 3 rings (SSSR count). The topological polar surface area (TPSA) is 73.5 Å². The maximum Gasteiger partial charge on any atom is 0.262 e. The third-order valence-electron chi connectivity index (χ3n) is 5.18. The van der Waals surface area contributed by atoms with Crippen molar-refractivity contribution in [2.45, 2.75) is 64.5 Å². The summed E-state index contributed by atoms with van der Waals surface area (Å²) in [6.07, 6.45) is 9.37. The predicted molar refractivity (Wildman–Crippen MR) is 101 cm³/mol. The standard InChI is InChI=1S/C20H28N2O4/c1-4-5-10-25-15-8-6-14(7-9-15)21-19(23)16-12-26-18-13(2)11-22(3)20(24)17(16)18/h11-12,14-15H,4-10H2,1-3H3,(H,21,23)/t14-,15-. The molecule has 0 bridgehead atoms. The number of aryl methyl sites for hydroxylation is 2. The monoisotopic (exact) mass is 360 g/mol. The van der Waals surface area contributed by atoms with E-state index in [9.17, 15) is 9.59 Å². The van der Waals surface area contributed by atoms with Crippen LogP contribution in [0.3, 0.4) is 0 Å². The highest BCUT2D eigenvalue weighted by molar-refractivity contribution is 6.06. The van der Waals surface area contributed by atoms with Crippen LogP contribution < -0.4 is 10.9 Å². The first-order valence-corrected chi connectivity index (χ1v) is 9.51. The number of unbranched alkanes of at least 4 members (excludes halogenated alkanes) is 1. The Morgan fingerprint density at radius 1 is 1.35 bits per heavy atom. The molecule has 0 spiro atoms. The van der Waals surface area contributed by atoms with E-state index in [-0.39, 0.29) is 17.5 Å². The summed E-state index contributed by atoms with van der Waals surface area (Å²) in [6.45, 7) is 4.85. The largest absolute Gasteiger partial charge is 0.463 e. The summed E-state index contributed by atoms with van der Waals surface area (Å²) in [5.41, 5.74) is 1.44. The second-order valence-corrected chi connectivity index (χ2v) is 7.25. The molecule has 1 aliphatic carbocycles. The summed E-state index contributed by atoms with van der Waals surface area (Å²) in [5, 5.41) is 3.43. The molecule has 1 amide bonds. The van der Waals surface area contributed by atoms with Crippen molar-refractivity contribution in [3.8, 4) is 0 Å². The molecular weight excluding hydrogens is 332 g/mol. The van der Waals surface area contributed by atoms with E-state index < -0.39 is 0 Å². The van der Waals surface area contributed by atoms with Crippen LogP contribution in [0.15, 0.2) is 21.7 Å². The van der Waals surface area contributed by atoms with Crippen LogP contribution in [0.25, 0.3) is 11.0 Å². The van der Waals surface area contributed by atoms with Gasteiger partial charge in [0.1, 0.15) is 11.8 Å². The lowest BCUT2D eigenvalue weighted by molar-refractivity contribution is 0.0209. The Morgan fingerprint density at radius 3 is 2.77 bits per heavy atom. The SMILES string of the molecule is CCCCO[C@H]1CC[C@H](NC(=O)c2coc3c(C)cn(C)c(=O)c23)CC1. The molecule has 0 aromatic carbocycles. The lowest BCUT2D eigenvalue weighted by atomic mass is 9.92. The van der Waals surface area contributed by atoms with Gasteiger partial charge in [-0.15, -0.1) is 0 Å². The van der Waals surface area contributed by atoms with Gasteiger partial charge in [-0.3, -0.25) is 9.59 Å². The molecule has 0 aliphatic heterocycles. The van der Waals surface area contributed by atoms with E-state index in [0.29, 0.717) is 22.6 Å². The molecule has 0 radical (unpaired) electrons. The zero-order valence-corrected chi connectivity index (χ0v) is 15.8. The van der Waals surface area contributed by atoms with Crippen LogP contribution in [0.1, 0.15) is 61.4 Å². The number of carbonyl (C=O) groups is 1. The summed E-state index contributed by atoms with van der Waals surface area (Å²) < 4.78 is 12.9. The first kappa shape index (κ1) is 18.7. The van der Waals surface area contributed by atoms with Crippen molar-refractivity contribution in [1.29, 1.82) is 0 Å². The molecule has 1 N–H and O–H groups in total. The van der Waals surface area contributed by atoms with Crippen LogP contribution >= 0.6 is 0 Å². The molecule has 0 unspecified atom stereocenters. The Kier molecular flexibility index (Phi) is 5.81. The molecular formula is C20H28N2O4. The van der Waals surface area contributed by atoms with E-state index in [1.807, 2.05) is 6.92 Å². The van der Waals surface area contributed by atoms with E-state index in [2.05, 4.69) is 12.2 Å². The number of pyridine rings is 1. The molecule has 26 heavy (non-hydrogen) atoms. The summed E-state index contributed by atoms with van der Waals surface area (Å²) in [6, 6.07) is 0.118. The van der Waals surface area contributed by atoms with Crippen LogP contribution in [-0.4, -0.2) is 29.2 Å². The van der Waals surface area contributed by atoms with Crippen LogP contribution in [0.2, 0.25) is 0 Å². The quantitative estimate of drug-likeness (QED) is 0.802. The number of nitrogens with zero attached hydrogens (tertiary/aromatic N) is 1. The number of aromatic nitrogens is 1. The van der Waals surface area contributed by atoms with Crippen molar-refractivity contribution in [2.75, 3.05) is 6.61 Å². The van der Waals surface area contributed by atoms with E-state index >= 15 is 0 Å². The fourth-order valence-electron chi connectivity index (χ4n) is 3.64. The number of hydrogen-bond donors (Lipinski definition) is 1. The lowest BCUT2D eigenvalue weighted by Gasteiger charge is -2.29. The highest BCUT2D eigenvalue weighted by atomic mass is 16.5. The van der Waals surface area contributed by atoms with Crippen LogP contribution in [-0.2, 0) is 11.8 Å². The number of carbonyl (C=O) groups excluding carboxylic acids is 1. The van der Waals surface area contributed by atoms with Crippen LogP contribution in [0, 0.1) is 6.92 Å². The molecule has 0 atom stereocenters. The number of fused-ring (bicyclic) bond motifs is 1. The lowest BCUT2D eigenvalue weighted by Crippen LogP contribution is -2.39. The van der Waals surface area contributed by atoms with Crippen molar-refractivity contribution in [1.82, 2.24) is 9.88 Å². The van der Waals surface area contributed by atoms with Crippen molar-refractivity contribution in [3.05, 3.63) is 33.9 Å². The third-order valence-corrected chi connectivity index (χ3v) is 5.18. The smallest absolute Gasteiger partial charge is 0.262 e. The second-order valence-electron chi connectivity index (χ2n) is 7.25. The number of nitrogens with one attached hydrogen (secondary N) is 1. The molecule has 1 aliphatic rings. The molecule has 142 valence electrons. The van der Waals surface area contributed by atoms with Gasteiger partial charge in [0.2, 0.25) is 0 Å². The minimum atomic E-state index is -0.234. The Hall–Kier alpha value is -2.08. The zero-order valence-electron chi connectivity index (χ0n) is 15.8. The van der Waals surface area contributed by atoms with Crippen molar-refractivity contribution >= 4 is 16.9 Å². The number of ether oxygens (including phenoxy) is 1. The van der Waals surface area contributed by atoms with E-state index in [1.54, 1.807) is 13.2 Å². The predicted octanol–water partition coefficient (Wildman–Crippen LogP) is 3.30. The van der Waals surface area contributed by atoms with Crippen LogP contribution in [0.4, 0.5) is 0 Å². The maximum absolute atomic E-state index is 12.7. The molecule has 1 saturated carbocycles. The zero-order chi connectivity index (χ0) is 18.7. The molecule has 6 heteroatoms. The Bertz CT molecular complexity index is 828. The van der Waals surface area contributed by atoms with Gasteiger partial charge in [0.25, 0.3) is 11.5 Å². The number of amides is 1. The third kappa shape index (κ3) is 3.85. The second kappa shape index (κ2) is 8.08. The summed E-state index contributed by atoms with van der Waals surface area (Å²) in [7, 11) is 1.68. The number of rotatable bonds is 6. The average molecular weight is 360 g/mol. The molecule has 2 aromatic rings. The van der Waals surface area contributed by atoms with Gasteiger partial charge in [-0.25, -0.2) is 0 Å². The van der Waals surface area contributed by atoms with Gasteiger partial charge >= 0.3 is 0 Å². The molecule has 2 heterocycles. The minimum absolute atomic E-state index is 0.118. The van der Waals surface area contributed by atoms with Crippen molar-refractivity contribution < 1.29 is 13.9 Å². The average Bonchev–Trinajstić information content (AvgIpc) is 3.07. The number of hydrogen-bond acceptors (Lipinski definition) is 4. The summed E-state index contributed by atoms with van der Waals surface area (Å²) >= 11 is 0. The van der Waals surface area contributed by atoms with E-state index in [4.69, 9.17) is 9.15 Å². The van der Waals surface area contributed by atoms with Gasteiger partial charge < -0.3 is 19.0 Å². The van der Waals surface area contributed by atoms with E-state index in [1.165, 1.54) is 10.8 Å². The van der Waals surface area contributed by atoms with Gasteiger partial charge in [0, 0.05) is 31.5 Å². The van der Waals surface area contributed by atoms with Gasteiger partial charge in [0.15, 0.2) is 0 Å². The fourth-order valence-corrected chi connectivity index (χ4v) is 3.64. The summed E-state index contributed by atoms with van der Waals surface area (Å²) in [5.74, 6) is -0.234. The Balaban J connectivity index is 1.65.